The third-order valence-electron chi connectivity index (χ3n) is 6.34. The topological polar surface area (TPSA) is 107 Å². The molecule has 39 heavy (non-hydrogen) atoms. The number of hydrogen-bond acceptors (Lipinski definition) is 6. The second-order valence-electron chi connectivity index (χ2n) is 9.00. The van der Waals surface area contributed by atoms with Gasteiger partial charge < -0.3 is 5.11 Å². The molecule has 0 unspecified atom stereocenters. The highest BCUT2D eigenvalue weighted by atomic mass is 32.2. The minimum absolute atomic E-state index is 0.0397. The Labute approximate surface area is 220 Å². The van der Waals surface area contributed by atoms with E-state index in [0.29, 0.717) is 22.4 Å². The van der Waals surface area contributed by atoms with Crippen LogP contribution < -0.4 is 5.56 Å². The Balaban J connectivity index is 1.78. The summed E-state index contributed by atoms with van der Waals surface area (Å²) in [6.45, 7) is 3.37. The molecule has 1 N–H and O–H groups in total. The van der Waals surface area contributed by atoms with Gasteiger partial charge in [-0.1, -0.05) is 36.4 Å². The van der Waals surface area contributed by atoms with Gasteiger partial charge in [0.05, 0.1) is 22.5 Å². The number of aromatic nitrogens is 4. The van der Waals surface area contributed by atoms with Crippen molar-refractivity contribution in [3.8, 4) is 22.7 Å². The first-order valence-electron chi connectivity index (χ1n) is 11.6. The number of fused-ring (bicyclic) bond motifs is 1. The van der Waals surface area contributed by atoms with E-state index < -0.39 is 33.2 Å². The molecule has 0 amide bonds. The molecule has 5 aromatic rings. The maximum atomic E-state index is 13.7. The van der Waals surface area contributed by atoms with Crippen LogP contribution in [0.1, 0.15) is 22.4 Å². The van der Waals surface area contributed by atoms with Crippen molar-refractivity contribution in [3.63, 3.8) is 0 Å². The van der Waals surface area contributed by atoms with E-state index in [0.717, 1.165) is 22.3 Å². The Kier molecular flexibility index (Phi) is 6.30. The number of alkyl halides is 3. The smallest absolute Gasteiger partial charge is 0.433 e. The van der Waals surface area contributed by atoms with Gasteiger partial charge in [-0.2, -0.15) is 13.2 Å². The number of pyridine rings is 1. The number of aryl methyl sites for hydroxylation is 1. The van der Waals surface area contributed by atoms with Gasteiger partial charge in [0.15, 0.2) is 5.65 Å². The first-order chi connectivity index (χ1) is 18.4. The number of aromatic hydroxyl groups is 1. The standard InChI is InChI=1S/C27H21F3N4O4S/c1-16-8-10-22(35)17(2)24(16)33-15-32-25-20(26(33)36)12-21(19-9-11-23(31-13-19)27(28,29)30)34(25)39(37,38)14-18-6-4-3-5-7-18/h3-13,15,35H,14H2,1-2H3. The molecule has 0 aliphatic heterocycles. The van der Waals surface area contributed by atoms with Crippen LogP contribution in [0.15, 0.2) is 78.0 Å². The number of nitrogens with zero attached hydrogens (tertiary/aromatic N) is 4. The van der Waals surface area contributed by atoms with E-state index in [1.165, 1.54) is 23.0 Å². The van der Waals surface area contributed by atoms with Crippen molar-refractivity contribution in [2.24, 2.45) is 0 Å². The van der Waals surface area contributed by atoms with Gasteiger partial charge in [-0.25, -0.2) is 17.4 Å². The molecule has 0 fully saturated rings. The van der Waals surface area contributed by atoms with Crippen LogP contribution in [0.2, 0.25) is 0 Å². The number of hydrogen-bond donors (Lipinski definition) is 1. The second-order valence-corrected chi connectivity index (χ2v) is 10.8. The Morgan fingerprint density at radius 1 is 0.974 bits per heavy atom. The molecule has 3 aromatic heterocycles. The van der Waals surface area contributed by atoms with Crippen LogP contribution in [0.3, 0.4) is 0 Å². The summed E-state index contributed by atoms with van der Waals surface area (Å²) in [5.74, 6) is -0.490. The number of halogens is 3. The minimum Gasteiger partial charge on any atom is -0.508 e. The summed E-state index contributed by atoms with van der Waals surface area (Å²) in [6.07, 6.45) is -2.60. The van der Waals surface area contributed by atoms with Crippen molar-refractivity contribution in [1.29, 1.82) is 0 Å². The highest BCUT2D eigenvalue weighted by Gasteiger charge is 2.33. The van der Waals surface area contributed by atoms with Crippen molar-refractivity contribution in [2.45, 2.75) is 25.8 Å². The molecule has 0 aliphatic carbocycles. The molecule has 200 valence electrons. The summed E-state index contributed by atoms with van der Waals surface area (Å²) >= 11 is 0. The van der Waals surface area contributed by atoms with Gasteiger partial charge in [-0.15, -0.1) is 0 Å². The van der Waals surface area contributed by atoms with E-state index in [1.54, 1.807) is 50.2 Å². The van der Waals surface area contributed by atoms with Gasteiger partial charge in [0.2, 0.25) is 10.0 Å². The molecule has 12 heteroatoms. The Morgan fingerprint density at radius 2 is 1.69 bits per heavy atom. The summed E-state index contributed by atoms with van der Waals surface area (Å²) < 4.78 is 68.8. The Bertz CT molecular complexity index is 1880. The van der Waals surface area contributed by atoms with Crippen LogP contribution >= 0.6 is 0 Å². The van der Waals surface area contributed by atoms with Crippen LogP contribution in [-0.2, 0) is 22.0 Å². The fraction of sp³-hybridized carbons (Fsp3) is 0.148. The highest BCUT2D eigenvalue weighted by molar-refractivity contribution is 7.89. The zero-order chi connectivity index (χ0) is 28.1. The fourth-order valence-electron chi connectivity index (χ4n) is 4.46. The summed E-state index contributed by atoms with van der Waals surface area (Å²) in [4.78, 5) is 21.4. The van der Waals surface area contributed by atoms with E-state index in [9.17, 15) is 31.5 Å². The van der Waals surface area contributed by atoms with Crippen LogP contribution in [0, 0.1) is 13.8 Å². The summed E-state index contributed by atoms with van der Waals surface area (Å²) in [7, 11) is -4.22. The fourth-order valence-corrected chi connectivity index (χ4v) is 6.07. The maximum absolute atomic E-state index is 13.7. The van der Waals surface area contributed by atoms with E-state index in [4.69, 9.17) is 0 Å². The molecular formula is C27H21F3N4O4S. The minimum atomic E-state index is -4.68. The molecule has 5 rings (SSSR count). The summed E-state index contributed by atoms with van der Waals surface area (Å²) in [5.41, 5.74) is -0.0247. The second kappa shape index (κ2) is 9.38. The van der Waals surface area contributed by atoms with Crippen LogP contribution in [0.4, 0.5) is 13.2 Å². The van der Waals surface area contributed by atoms with Crippen molar-refractivity contribution in [3.05, 3.63) is 106 Å². The average molecular weight is 555 g/mol. The van der Waals surface area contributed by atoms with Gasteiger partial charge in [-0.3, -0.25) is 14.3 Å². The van der Waals surface area contributed by atoms with Crippen molar-refractivity contribution in [1.82, 2.24) is 18.5 Å². The first-order valence-corrected chi connectivity index (χ1v) is 13.2. The summed E-state index contributed by atoms with van der Waals surface area (Å²) in [6, 6.07) is 14.6. The lowest BCUT2D eigenvalue weighted by atomic mass is 10.1. The van der Waals surface area contributed by atoms with Gasteiger partial charge >= 0.3 is 6.18 Å². The first kappa shape index (κ1) is 26.2. The van der Waals surface area contributed by atoms with Gasteiger partial charge in [0.25, 0.3) is 5.56 Å². The number of phenolic OH excluding ortho intramolecular Hbond substituents is 1. The zero-order valence-electron chi connectivity index (χ0n) is 20.6. The van der Waals surface area contributed by atoms with Crippen molar-refractivity contribution in [2.75, 3.05) is 0 Å². The van der Waals surface area contributed by atoms with Gasteiger partial charge in [0, 0.05) is 17.3 Å². The van der Waals surface area contributed by atoms with Gasteiger partial charge in [-0.05, 0) is 49.2 Å². The third-order valence-corrected chi connectivity index (χ3v) is 7.97. The predicted octanol–water partition coefficient (Wildman–Crippen LogP) is 4.97. The van der Waals surface area contributed by atoms with Crippen molar-refractivity contribution < 1.29 is 26.7 Å². The van der Waals surface area contributed by atoms with Crippen LogP contribution in [0.5, 0.6) is 5.75 Å². The molecule has 0 aliphatic rings. The zero-order valence-corrected chi connectivity index (χ0v) is 21.5. The van der Waals surface area contributed by atoms with E-state index in [2.05, 4.69) is 9.97 Å². The number of benzene rings is 2. The Hall–Kier alpha value is -4.45. The monoisotopic (exact) mass is 554 g/mol. The molecule has 0 bridgehead atoms. The summed E-state index contributed by atoms with van der Waals surface area (Å²) in [5, 5.41) is 10.1. The molecule has 0 saturated heterocycles. The molecule has 0 spiro atoms. The lowest BCUT2D eigenvalue weighted by Crippen LogP contribution is -2.22. The molecular weight excluding hydrogens is 533 g/mol. The molecule has 2 aromatic carbocycles. The third kappa shape index (κ3) is 4.67. The molecule has 0 saturated carbocycles. The Morgan fingerprint density at radius 3 is 2.33 bits per heavy atom. The van der Waals surface area contributed by atoms with Crippen LogP contribution in [0.25, 0.3) is 28.0 Å². The number of rotatable bonds is 5. The lowest BCUT2D eigenvalue weighted by Gasteiger charge is -2.14. The largest absolute Gasteiger partial charge is 0.508 e. The SMILES string of the molecule is Cc1ccc(O)c(C)c1-n1cnc2c(cc(-c3ccc(C(F)(F)F)nc3)n2S(=O)(=O)Cc2ccccc2)c1=O. The average Bonchev–Trinajstić information content (AvgIpc) is 3.29. The highest BCUT2D eigenvalue weighted by Crippen LogP contribution is 2.32. The van der Waals surface area contributed by atoms with E-state index in [-0.39, 0.29) is 28.0 Å². The number of phenols is 1. The van der Waals surface area contributed by atoms with Crippen molar-refractivity contribution >= 4 is 21.1 Å². The van der Waals surface area contributed by atoms with Gasteiger partial charge in [0.1, 0.15) is 17.8 Å². The normalized spacial score (nSPS) is 12.2. The molecule has 8 nitrogen and oxygen atoms in total. The lowest BCUT2D eigenvalue weighted by molar-refractivity contribution is -0.141. The molecule has 0 atom stereocenters. The molecule has 0 radical (unpaired) electrons. The predicted molar refractivity (Wildman–Crippen MR) is 139 cm³/mol. The molecule has 3 heterocycles. The van der Waals surface area contributed by atoms with Crippen LogP contribution in [-0.4, -0.2) is 32.0 Å². The quantitative estimate of drug-likeness (QED) is 0.329. The maximum Gasteiger partial charge on any atom is 0.433 e. The van der Waals surface area contributed by atoms with E-state index in [1.807, 2.05) is 0 Å². The van der Waals surface area contributed by atoms with E-state index >= 15 is 0 Å².